The molecule has 0 aromatic heterocycles. The highest BCUT2D eigenvalue weighted by atomic mass is 79.9. The number of nitrogens with one attached hydrogen (secondary N) is 1. The second-order valence-corrected chi connectivity index (χ2v) is 7.06. The van der Waals surface area contributed by atoms with Crippen molar-refractivity contribution in [2.75, 3.05) is 6.54 Å². The van der Waals surface area contributed by atoms with Gasteiger partial charge in [-0.2, -0.15) is 0 Å². The van der Waals surface area contributed by atoms with Crippen molar-refractivity contribution in [3.8, 4) is 0 Å². The second-order valence-electron chi connectivity index (χ2n) is 6.21. The maximum absolute atomic E-state index is 14.4. The summed E-state index contributed by atoms with van der Waals surface area (Å²) >= 11 is 3.18. The zero-order chi connectivity index (χ0) is 15.4. The molecule has 0 radical (unpaired) electrons. The summed E-state index contributed by atoms with van der Waals surface area (Å²) in [4.78, 5) is 0. The summed E-state index contributed by atoms with van der Waals surface area (Å²) in [6.45, 7) is 5.10. The van der Waals surface area contributed by atoms with Crippen molar-refractivity contribution in [3.05, 3.63) is 33.8 Å². The van der Waals surface area contributed by atoms with Crippen molar-refractivity contribution >= 4 is 15.9 Å². The van der Waals surface area contributed by atoms with Gasteiger partial charge in [0.25, 0.3) is 0 Å². The lowest BCUT2D eigenvalue weighted by molar-refractivity contribution is 0.225. The van der Waals surface area contributed by atoms with Crippen LogP contribution in [0.3, 0.4) is 0 Å². The van der Waals surface area contributed by atoms with Crippen LogP contribution >= 0.6 is 15.9 Å². The fraction of sp³-hybridized carbons (Fsp3) is 0.647. The molecular formula is C17H24BrF2N. The third kappa shape index (κ3) is 4.04. The van der Waals surface area contributed by atoms with E-state index >= 15 is 0 Å². The molecule has 2 rings (SSSR count). The Bertz CT molecular complexity index is 470. The maximum Gasteiger partial charge on any atom is 0.145 e. The minimum Gasteiger partial charge on any atom is -0.310 e. The molecule has 118 valence electrons. The zero-order valence-electron chi connectivity index (χ0n) is 12.8. The molecule has 21 heavy (non-hydrogen) atoms. The number of rotatable bonds is 5. The molecule has 0 aliphatic heterocycles. The molecule has 1 aliphatic rings. The van der Waals surface area contributed by atoms with E-state index in [1.54, 1.807) is 0 Å². The SMILES string of the molecule is CCCNC(c1c(F)ccc(Br)c1F)C1CCC(C)CC1. The first kappa shape index (κ1) is 16.9. The molecule has 1 saturated carbocycles. The van der Waals surface area contributed by atoms with Crippen molar-refractivity contribution in [1.29, 1.82) is 0 Å². The molecule has 1 nitrogen and oxygen atoms in total. The quantitative estimate of drug-likeness (QED) is 0.675. The summed E-state index contributed by atoms with van der Waals surface area (Å²) in [7, 11) is 0. The summed E-state index contributed by atoms with van der Waals surface area (Å²) < 4.78 is 29.0. The number of halogens is 3. The van der Waals surface area contributed by atoms with Crippen LogP contribution in [-0.2, 0) is 0 Å². The zero-order valence-corrected chi connectivity index (χ0v) is 14.3. The van der Waals surface area contributed by atoms with Crippen LogP contribution in [0, 0.1) is 23.5 Å². The van der Waals surface area contributed by atoms with E-state index in [4.69, 9.17) is 0 Å². The summed E-state index contributed by atoms with van der Waals surface area (Å²) in [6, 6.07) is 2.57. The van der Waals surface area contributed by atoms with Crippen molar-refractivity contribution in [2.24, 2.45) is 11.8 Å². The predicted molar refractivity (Wildman–Crippen MR) is 86.2 cm³/mol. The van der Waals surface area contributed by atoms with E-state index < -0.39 is 11.6 Å². The van der Waals surface area contributed by atoms with Crippen LogP contribution in [0.25, 0.3) is 0 Å². The number of hydrogen-bond donors (Lipinski definition) is 1. The monoisotopic (exact) mass is 359 g/mol. The van der Waals surface area contributed by atoms with Gasteiger partial charge in [-0.3, -0.25) is 0 Å². The minimum atomic E-state index is -0.456. The Morgan fingerprint density at radius 3 is 2.52 bits per heavy atom. The Morgan fingerprint density at radius 2 is 1.90 bits per heavy atom. The van der Waals surface area contributed by atoms with Gasteiger partial charge in [-0.05, 0) is 65.7 Å². The Balaban J connectivity index is 2.29. The van der Waals surface area contributed by atoms with Crippen LogP contribution in [0.1, 0.15) is 57.6 Å². The van der Waals surface area contributed by atoms with Crippen LogP contribution < -0.4 is 5.32 Å². The van der Waals surface area contributed by atoms with Gasteiger partial charge in [0.1, 0.15) is 11.6 Å². The average Bonchev–Trinajstić information content (AvgIpc) is 2.48. The largest absolute Gasteiger partial charge is 0.310 e. The lowest BCUT2D eigenvalue weighted by Gasteiger charge is -2.34. The number of hydrogen-bond acceptors (Lipinski definition) is 1. The van der Waals surface area contributed by atoms with Crippen LogP contribution in [0.2, 0.25) is 0 Å². The molecule has 0 heterocycles. The molecule has 1 aromatic rings. The molecule has 1 atom stereocenters. The lowest BCUT2D eigenvalue weighted by Crippen LogP contribution is -2.32. The molecule has 0 bridgehead atoms. The van der Waals surface area contributed by atoms with Crippen molar-refractivity contribution in [1.82, 2.24) is 5.32 Å². The van der Waals surface area contributed by atoms with Gasteiger partial charge >= 0.3 is 0 Å². The van der Waals surface area contributed by atoms with E-state index in [0.29, 0.717) is 10.4 Å². The third-order valence-corrected chi connectivity index (χ3v) is 5.15. The average molecular weight is 360 g/mol. The van der Waals surface area contributed by atoms with E-state index in [1.807, 2.05) is 0 Å². The highest BCUT2D eigenvalue weighted by molar-refractivity contribution is 9.10. The van der Waals surface area contributed by atoms with Gasteiger partial charge in [0.05, 0.1) is 4.47 Å². The highest BCUT2D eigenvalue weighted by Gasteiger charge is 2.31. The Labute approximate surface area is 134 Å². The molecule has 4 heteroatoms. The van der Waals surface area contributed by atoms with E-state index in [0.717, 1.165) is 44.6 Å². The van der Waals surface area contributed by atoms with Crippen molar-refractivity contribution < 1.29 is 8.78 Å². The van der Waals surface area contributed by atoms with Gasteiger partial charge in [0.15, 0.2) is 0 Å². The summed E-state index contributed by atoms with van der Waals surface area (Å²) in [5, 5.41) is 3.38. The topological polar surface area (TPSA) is 12.0 Å². The molecular weight excluding hydrogens is 336 g/mol. The van der Waals surface area contributed by atoms with Gasteiger partial charge in [0, 0.05) is 11.6 Å². The normalized spacial score (nSPS) is 24.0. The fourth-order valence-electron chi connectivity index (χ4n) is 3.25. The standard InChI is InChI=1S/C17H24BrF2N/c1-3-10-21-17(12-6-4-11(2)5-7-12)15-14(19)9-8-13(18)16(15)20/h8-9,11-12,17,21H,3-7,10H2,1-2H3. The second kappa shape index (κ2) is 7.68. The van der Waals surface area contributed by atoms with Gasteiger partial charge in [0.2, 0.25) is 0 Å². The van der Waals surface area contributed by atoms with Crippen LogP contribution in [0.15, 0.2) is 16.6 Å². The highest BCUT2D eigenvalue weighted by Crippen LogP contribution is 2.39. The first-order valence-electron chi connectivity index (χ1n) is 7.91. The molecule has 0 saturated heterocycles. The van der Waals surface area contributed by atoms with E-state index in [-0.39, 0.29) is 11.6 Å². The van der Waals surface area contributed by atoms with Crippen molar-refractivity contribution in [3.63, 3.8) is 0 Å². The smallest absolute Gasteiger partial charge is 0.145 e. The van der Waals surface area contributed by atoms with Gasteiger partial charge < -0.3 is 5.32 Å². The predicted octanol–water partition coefficient (Wildman–Crippen LogP) is 5.59. The third-order valence-electron chi connectivity index (χ3n) is 4.54. The van der Waals surface area contributed by atoms with Crippen LogP contribution in [0.4, 0.5) is 8.78 Å². The number of benzene rings is 1. The first-order chi connectivity index (χ1) is 10.0. The van der Waals surface area contributed by atoms with Gasteiger partial charge in [-0.25, -0.2) is 8.78 Å². The van der Waals surface area contributed by atoms with Gasteiger partial charge in [-0.1, -0.05) is 26.7 Å². The molecule has 1 aromatic carbocycles. The maximum atomic E-state index is 14.4. The van der Waals surface area contributed by atoms with Crippen LogP contribution in [-0.4, -0.2) is 6.54 Å². The van der Waals surface area contributed by atoms with E-state index in [1.165, 1.54) is 12.1 Å². The van der Waals surface area contributed by atoms with Gasteiger partial charge in [-0.15, -0.1) is 0 Å². The first-order valence-corrected chi connectivity index (χ1v) is 8.70. The molecule has 1 N–H and O–H groups in total. The van der Waals surface area contributed by atoms with Crippen molar-refractivity contribution in [2.45, 2.75) is 52.0 Å². The Hall–Kier alpha value is -0.480. The van der Waals surface area contributed by atoms with Crippen LogP contribution in [0.5, 0.6) is 0 Å². The molecule has 1 fully saturated rings. The van der Waals surface area contributed by atoms with E-state index in [9.17, 15) is 8.78 Å². The molecule has 0 amide bonds. The Kier molecular flexibility index (Phi) is 6.18. The Morgan fingerprint density at radius 1 is 1.24 bits per heavy atom. The molecule has 1 unspecified atom stereocenters. The lowest BCUT2D eigenvalue weighted by atomic mass is 9.77. The summed E-state index contributed by atoms with van der Waals surface area (Å²) in [6.07, 6.45) is 5.32. The summed E-state index contributed by atoms with van der Waals surface area (Å²) in [5.74, 6) is 0.140. The summed E-state index contributed by atoms with van der Waals surface area (Å²) in [5.41, 5.74) is 0.206. The molecule has 1 aliphatic carbocycles. The van der Waals surface area contributed by atoms with E-state index in [2.05, 4.69) is 35.1 Å². The minimum absolute atomic E-state index is 0.206. The molecule has 0 spiro atoms. The fourth-order valence-corrected chi connectivity index (χ4v) is 3.60.